The van der Waals surface area contributed by atoms with E-state index in [1.54, 1.807) is 12.1 Å². The quantitative estimate of drug-likeness (QED) is 0.614. The molecular weight excluding hydrogens is 344 g/mol. The summed E-state index contributed by atoms with van der Waals surface area (Å²) in [6, 6.07) is 5.37. The van der Waals surface area contributed by atoms with E-state index in [0.717, 1.165) is 37.1 Å². The van der Waals surface area contributed by atoms with Gasteiger partial charge in [0.25, 0.3) is 0 Å². The number of Topliss-reactive ketones (excluding diaryl/α,β-unsaturated/α-hetero) is 2. The molecule has 1 atom stereocenters. The van der Waals surface area contributed by atoms with Crippen LogP contribution in [0, 0.1) is 5.92 Å². The maximum absolute atomic E-state index is 12.9. The maximum atomic E-state index is 12.9. The molecule has 27 heavy (non-hydrogen) atoms. The average Bonchev–Trinajstić information content (AvgIpc) is 2.93. The molecule has 1 saturated heterocycles. The van der Waals surface area contributed by atoms with Crippen LogP contribution in [0.1, 0.15) is 65.3 Å². The van der Waals surface area contributed by atoms with Gasteiger partial charge in [0.15, 0.2) is 11.6 Å². The number of rotatable bonds is 5. The fourth-order valence-corrected chi connectivity index (χ4v) is 3.61. The van der Waals surface area contributed by atoms with E-state index < -0.39 is 11.8 Å². The van der Waals surface area contributed by atoms with Crippen LogP contribution in [0.2, 0.25) is 0 Å². The predicted molar refractivity (Wildman–Crippen MR) is 101 cm³/mol. The first-order valence-corrected chi connectivity index (χ1v) is 9.37. The van der Waals surface area contributed by atoms with E-state index in [9.17, 15) is 19.2 Å². The van der Waals surface area contributed by atoms with Crippen LogP contribution in [0.25, 0.3) is 5.57 Å². The topological polar surface area (TPSA) is 92.3 Å². The zero-order valence-corrected chi connectivity index (χ0v) is 15.5. The van der Waals surface area contributed by atoms with Gasteiger partial charge in [-0.2, -0.15) is 0 Å². The van der Waals surface area contributed by atoms with E-state index in [1.807, 2.05) is 6.07 Å². The number of benzene rings is 1. The van der Waals surface area contributed by atoms with Gasteiger partial charge in [0, 0.05) is 29.9 Å². The second-order valence-electron chi connectivity index (χ2n) is 7.11. The first kappa shape index (κ1) is 19.2. The molecule has 0 aliphatic carbocycles. The molecule has 0 saturated carbocycles. The number of piperidine rings is 1. The van der Waals surface area contributed by atoms with Crippen molar-refractivity contribution in [3.8, 4) is 0 Å². The van der Waals surface area contributed by atoms with Gasteiger partial charge in [-0.1, -0.05) is 18.2 Å². The Hall–Kier alpha value is -2.60. The number of hydrogen-bond acceptors (Lipinski definition) is 5. The summed E-state index contributed by atoms with van der Waals surface area (Å²) >= 11 is 0. The van der Waals surface area contributed by atoms with E-state index in [-0.39, 0.29) is 30.3 Å². The van der Waals surface area contributed by atoms with Crippen LogP contribution in [-0.2, 0) is 9.59 Å². The van der Waals surface area contributed by atoms with Crippen LogP contribution in [0.15, 0.2) is 24.3 Å². The van der Waals surface area contributed by atoms with Gasteiger partial charge < -0.3 is 5.32 Å². The van der Waals surface area contributed by atoms with Gasteiger partial charge in [-0.25, -0.2) is 0 Å². The fourth-order valence-electron chi connectivity index (χ4n) is 3.61. The maximum Gasteiger partial charge on any atom is 0.230 e. The average molecular weight is 368 g/mol. The predicted octanol–water partition coefficient (Wildman–Crippen LogP) is 2.28. The molecule has 0 aromatic heterocycles. The van der Waals surface area contributed by atoms with E-state index in [2.05, 4.69) is 16.7 Å². The van der Waals surface area contributed by atoms with Crippen molar-refractivity contribution in [3.05, 3.63) is 41.0 Å². The summed E-state index contributed by atoms with van der Waals surface area (Å²) in [6.07, 6.45) is 4.55. The summed E-state index contributed by atoms with van der Waals surface area (Å²) < 4.78 is 0. The highest BCUT2D eigenvalue weighted by molar-refractivity contribution is 6.10. The third-order valence-electron chi connectivity index (χ3n) is 5.14. The molecule has 1 aromatic carbocycles. The van der Waals surface area contributed by atoms with Gasteiger partial charge >= 0.3 is 0 Å². The Bertz CT molecular complexity index is 825. The van der Waals surface area contributed by atoms with Gasteiger partial charge in [0.2, 0.25) is 11.8 Å². The highest BCUT2D eigenvalue weighted by Gasteiger charge is 2.29. The minimum absolute atomic E-state index is 0.00342. The summed E-state index contributed by atoms with van der Waals surface area (Å²) in [7, 11) is 0. The third kappa shape index (κ3) is 4.57. The van der Waals surface area contributed by atoms with Crippen molar-refractivity contribution in [2.45, 2.75) is 39.0 Å². The van der Waals surface area contributed by atoms with Gasteiger partial charge in [0.05, 0.1) is 0 Å². The zero-order chi connectivity index (χ0) is 19.4. The summed E-state index contributed by atoms with van der Waals surface area (Å²) in [4.78, 5) is 48.2. The molecule has 1 unspecified atom stereocenters. The van der Waals surface area contributed by atoms with Crippen molar-refractivity contribution < 1.29 is 19.2 Å². The van der Waals surface area contributed by atoms with Crippen LogP contribution in [0.3, 0.4) is 0 Å². The van der Waals surface area contributed by atoms with Gasteiger partial charge in [-0.05, 0) is 56.5 Å². The molecule has 3 rings (SSSR count). The lowest BCUT2D eigenvalue weighted by molar-refractivity contribution is -0.136. The second-order valence-corrected chi connectivity index (χ2v) is 7.11. The van der Waals surface area contributed by atoms with Crippen LogP contribution >= 0.6 is 0 Å². The number of hydrogen-bond donors (Lipinski definition) is 2. The van der Waals surface area contributed by atoms with Crippen LogP contribution in [0.4, 0.5) is 0 Å². The highest BCUT2D eigenvalue weighted by atomic mass is 16.2. The number of amides is 2. The Kier molecular flexibility index (Phi) is 5.96. The Balaban J connectivity index is 1.87. The Morgan fingerprint density at radius 1 is 1.11 bits per heavy atom. The summed E-state index contributed by atoms with van der Waals surface area (Å²) in [5.41, 5.74) is 2.84. The Morgan fingerprint density at radius 2 is 1.93 bits per heavy atom. The Morgan fingerprint density at radius 3 is 2.67 bits per heavy atom. The lowest BCUT2D eigenvalue weighted by Gasteiger charge is -2.20. The van der Waals surface area contributed by atoms with E-state index in [1.165, 1.54) is 6.92 Å². The molecule has 2 heterocycles. The van der Waals surface area contributed by atoms with Crippen molar-refractivity contribution in [1.82, 2.24) is 10.6 Å². The molecule has 2 amide bonds. The molecular formula is C21H24N2O4. The number of carbonyl (C=O) groups excluding carboxylic acids is 4. The number of nitrogens with one attached hydrogen (secondary N) is 2. The van der Waals surface area contributed by atoms with Crippen molar-refractivity contribution in [2.24, 2.45) is 5.92 Å². The normalized spacial score (nSPS) is 20.5. The number of imide groups is 1. The summed E-state index contributed by atoms with van der Waals surface area (Å²) in [5.74, 6) is -1.64. The molecule has 0 spiro atoms. The van der Waals surface area contributed by atoms with Crippen LogP contribution in [-0.4, -0.2) is 36.5 Å². The second kappa shape index (κ2) is 8.39. The van der Waals surface area contributed by atoms with Gasteiger partial charge in [0.1, 0.15) is 0 Å². The number of ketones is 2. The molecule has 142 valence electrons. The first-order valence-electron chi connectivity index (χ1n) is 9.37. The molecule has 0 radical (unpaired) electrons. The number of carbonyl (C=O) groups is 4. The highest BCUT2D eigenvalue weighted by Crippen LogP contribution is 2.26. The Labute approximate surface area is 158 Å². The van der Waals surface area contributed by atoms with Crippen LogP contribution in [0.5, 0.6) is 0 Å². The molecule has 6 nitrogen and oxygen atoms in total. The third-order valence-corrected chi connectivity index (χ3v) is 5.14. The molecule has 2 aliphatic rings. The van der Waals surface area contributed by atoms with Crippen molar-refractivity contribution in [3.63, 3.8) is 0 Å². The first-order chi connectivity index (χ1) is 13.0. The fraction of sp³-hybridized carbons (Fsp3) is 0.429. The van der Waals surface area contributed by atoms with E-state index >= 15 is 0 Å². The molecule has 2 N–H and O–H groups in total. The van der Waals surface area contributed by atoms with Gasteiger partial charge in [-0.15, -0.1) is 0 Å². The molecule has 0 bridgehead atoms. The summed E-state index contributed by atoms with van der Waals surface area (Å²) in [6.45, 7) is 3.24. The molecule has 1 aromatic rings. The van der Waals surface area contributed by atoms with Crippen molar-refractivity contribution >= 4 is 29.0 Å². The molecule has 1 fully saturated rings. The monoisotopic (exact) mass is 368 g/mol. The SMILES string of the molecule is CC(=O)c1ccc(C2=CCCNCC2)cc1C(=O)CC1CCC(=O)NC1=O. The summed E-state index contributed by atoms with van der Waals surface area (Å²) in [5, 5.41) is 5.61. The lowest BCUT2D eigenvalue weighted by Crippen LogP contribution is -2.41. The van der Waals surface area contributed by atoms with Gasteiger partial charge in [-0.3, -0.25) is 24.5 Å². The molecule has 2 aliphatic heterocycles. The lowest BCUT2D eigenvalue weighted by atomic mass is 9.87. The van der Waals surface area contributed by atoms with Crippen molar-refractivity contribution in [2.75, 3.05) is 13.1 Å². The zero-order valence-electron chi connectivity index (χ0n) is 15.5. The van der Waals surface area contributed by atoms with Crippen molar-refractivity contribution in [1.29, 1.82) is 0 Å². The van der Waals surface area contributed by atoms with Crippen LogP contribution < -0.4 is 10.6 Å². The van der Waals surface area contributed by atoms with E-state index in [4.69, 9.17) is 0 Å². The largest absolute Gasteiger partial charge is 0.316 e. The minimum Gasteiger partial charge on any atom is -0.316 e. The minimum atomic E-state index is -0.528. The molecule has 6 heteroatoms. The van der Waals surface area contributed by atoms with E-state index in [0.29, 0.717) is 17.5 Å². The standard InChI is InChI=1S/C21H24N2O4/c1-13(24)17-6-4-15(14-3-2-9-22-10-8-14)11-18(17)19(25)12-16-5-7-20(26)23-21(16)27/h3-4,6,11,16,22H,2,5,7-10,12H2,1H3,(H,23,26,27). The smallest absolute Gasteiger partial charge is 0.230 e.